The molecule has 2 aromatic rings. The van der Waals surface area contributed by atoms with E-state index in [1.165, 1.54) is 0 Å². The minimum absolute atomic E-state index is 0.191. The fourth-order valence-electron chi connectivity index (χ4n) is 2.50. The van der Waals surface area contributed by atoms with Gasteiger partial charge in [0.1, 0.15) is 17.7 Å². The van der Waals surface area contributed by atoms with Gasteiger partial charge in [0.25, 0.3) is 0 Å². The van der Waals surface area contributed by atoms with E-state index in [0.29, 0.717) is 10.0 Å². The molecule has 0 bridgehead atoms. The molecule has 0 fully saturated rings. The monoisotopic (exact) mass is 354 g/mol. The summed E-state index contributed by atoms with van der Waals surface area (Å²) in [4.78, 5) is 0. The van der Waals surface area contributed by atoms with Gasteiger partial charge in [-0.25, -0.2) is 4.39 Å². The number of hydrogen-bond donors (Lipinski definition) is 0. The van der Waals surface area contributed by atoms with Crippen molar-refractivity contribution < 1.29 is 9.13 Å². The van der Waals surface area contributed by atoms with Crippen molar-refractivity contribution in [1.82, 2.24) is 0 Å². The summed E-state index contributed by atoms with van der Waals surface area (Å²) in [6.45, 7) is 2.03. The van der Waals surface area contributed by atoms with E-state index < -0.39 is 5.38 Å². The summed E-state index contributed by atoms with van der Waals surface area (Å²) in [6.07, 6.45) is 1.06. The van der Waals surface area contributed by atoms with Crippen LogP contribution in [0.25, 0.3) is 0 Å². The molecule has 0 saturated carbocycles. The van der Waals surface area contributed by atoms with Gasteiger partial charge in [0.05, 0.1) is 9.85 Å². The van der Waals surface area contributed by atoms with Crippen molar-refractivity contribution in [3.8, 4) is 5.75 Å². The standard InChI is InChI=1S/C16H13BrClFO/c1-9-7-11-8-10(5-6-14(11)20-9)15(18)12-3-2-4-13(17)16(12)19/h2-6,8-9,15H,7H2,1H3. The number of hydrogen-bond acceptors (Lipinski definition) is 1. The van der Waals surface area contributed by atoms with Crippen molar-refractivity contribution in [3.63, 3.8) is 0 Å². The zero-order chi connectivity index (χ0) is 14.3. The van der Waals surface area contributed by atoms with Crippen LogP contribution < -0.4 is 4.74 Å². The Morgan fingerprint density at radius 3 is 2.95 bits per heavy atom. The van der Waals surface area contributed by atoms with E-state index in [0.717, 1.165) is 23.3 Å². The Bertz CT molecular complexity index is 659. The van der Waals surface area contributed by atoms with Crippen molar-refractivity contribution in [1.29, 1.82) is 0 Å². The highest BCUT2D eigenvalue weighted by atomic mass is 79.9. The highest BCUT2D eigenvalue weighted by molar-refractivity contribution is 9.10. The van der Waals surface area contributed by atoms with E-state index in [4.69, 9.17) is 16.3 Å². The summed E-state index contributed by atoms with van der Waals surface area (Å²) in [5, 5.41) is -0.506. The molecule has 2 atom stereocenters. The molecule has 4 heteroatoms. The lowest BCUT2D eigenvalue weighted by atomic mass is 10.0. The van der Waals surface area contributed by atoms with Crippen LogP contribution in [0.1, 0.15) is 29.0 Å². The number of fused-ring (bicyclic) bond motifs is 1. The van der Waals surface area contributed by atoms with Gasteiger partial charge in [-0.1, -0.05) is 24.3 Å². The average molecular weight is 356 g/mol. The van der Waals surface area contributed by atoms with Crippen molar-refractivity contribution in [3.05, 3.63) is 63.4 Å². The summed E-state index contributed by atoms with van der Waals surface area (Å²) in [6, 6.07) is 11.0. The van der Waals surface area contributed by atoms with E-state index in [9.17, 15) is 4.39 Å². The van der Waals surface area contributed by atoms with Crippen LogP contribution >= 0.6 is 27.5 Å². The van der Waals surface area contributed by atoms with Gasteiger partial charge in [-0.05, 0) is 46.1 Å². The molecule has 0 saturated heterocycles. The average Bonchev–Trinajstić information content (AvgIpc) is 2.80. The Labute approximate surface area is 130 Å². The highest BCUT2D eigenvalue weighted by Crippen LogP contribution is 2.37. The number of benzene rings is 2. The molecule has 104 valence electrons. The third-order valence-corrected chi connectivity index (χ3v) is 4.57. The summed E-state index contributed by atoms with van der Waals surface area (Å²) in [5.74, 6) is 0.595. The molecule has 20 heavy (non-hydrogen) atoms. The largest absolute Gasteiger partial charge is 0.490 e. The number of halogens is 3. The van der Waals surface area contributed by atoms with E-state index in [2.05, 4.69) is 15.9 Å². The smallest absolute Gasteiger partial charge is 0.142 e. The molecular formula is C16H13BrClFO. The second-order valence-corrected chi connectivity index (χ2v) is 6.30. The van der Waals surface area contributed by atoms with Crippen molar-refractivity contribution >= 4 is 27.5 Å². The molecule has 1 aliphatic heterocycles. The predicted octanol–water partition coefficient (Wildman–Crippen LogP) is 5.24. The molecule has 0 spiro atoms. The Hall–Kier alpha value is -1.06. The molecule has 2 aromatic carbocycles. The summed E-state index contributed by atoms with van der Waals surface area (Å²) in [7, 11) is 0. The Balaban J connectivity index is 1.97. The molecule has 1 heterocycles. The van der Waals surface area contributed by atoms with E-state index >= 15 is 0 Å². The Morgan fingerprint density at radius 2 is 2.15 bits per heavy atom. The van der Waals surface area contributed by atoms with Crippen LogP contribution in [0.5, 0.6) is 5.75 Å². The molecule has 0 N–H and O–H groups in total. The van der Waals surface area contributed by atoms with Crippen LogP contribution in [-0.2, 0) is 6.42 Å². The lowest BCUT2D eigenvalue weighted by molar-refractivity contribution is 0.254. The van der Waals surface area contributed by atoms with Gasteiger partial charge >= 0.3 is 0 Å². The third kappa shape index (κ3) is 2.45. The molecule has 1 nitrogen and oxygen atoms in total. The maximum absolute atomic E-state index is 14.1. The summed E-state index contributed by atoms with van der Waals surface area (Å²) in [5.41, 5.74) is 2.50. The molecule has 3 rings (SSSR count). The van der Waals surface area contributed by atoms with Gasteiger partial charge in [-0.2, -0.15) is 0 Å². The van der Waals surface area contributed by atoms with Crippen LogP contribution in [0.15, 0.2) is 40.9 Å². The molecule has 0 radical (unpaired) electrons. The summed E-state index contributed by atoms with van der Waals surface area (Å²) < 4.78 is 20.2. The van der Waals surface area contributed by atoms with Crippen LogP contribution in [0.4, 0.5) is 4.39 Å². The summed E-state index contributed by atoms with van der Waals surface area (Å²) >= 11 is 9.64. The van der Waals surface area contributed by atoms with Crippen molar-refractivity contribution in [2.75, 3.05) is 0 Å². The zero-order valence-electron chi connectivity index (χ0n) is 10.9. The lowest BCUT2D eigenvalue weighted by Gasteiger charge is -2.13. The lowest BCUT2D eigenvalue weighted by Crippen LogP contribution is -2.05. The maximum atomic E-state index is 14.1. The number of rotatable bonds is 2. The minimum atomic E-state index is -0.506. The zero-order valence-corrected chi connectivity index (χ0v) is 13.2. The van der Waals surface area contributed by atoms with Crippen LogP contribution in [0.2, 0.25) is 0 Å². The SMILES string of the molecule is CC1Cc2cc(C(Cl)c3cccc(Br)c3F)ccc2O1. The van der Waals surface area contributed by atoms with Gasteiger partial charge in [0.15, 0.2) is 0 Å². The molecular weight excluding hydrogens is 343 g/mol. The first-order valence-electron chi connectivity index (χ1n) is 6.43. The third-order valence-electron chi connectivity index (χ3n) is 3.47. The molecule has 0 aliphatic carbocycles. The Kier molecular flexibility index (Phi) is 3.74. The van der Waals surface area contributed by atoms with E-state index in [1.807, 2.05) is 25.1 Å². The number of alkyl halides is 1. The maximum Gasteiger partial charge on any atom is 0.142 e. The van der Waals surface area contributed by atoms with Crippen LogP contribution in [0, 0.1) is 5.82 Å². The highest BCUT2D eigenvalue weighted by Gasteiger charge is 2.22. The fraction of sp³-hybridized carbons (Fsp3) is 0.250. The van der Waals surface area contributed by atoms with Crippen molar-refractivity contribution in [2.45, 2.75) is 24.8 Å². The van der Waals surface area contributed by atoms with Crippen LogP contribution in [-0.4, -0.2) is 6.10 Å². The molecule has 2 unspecified atom stereocenters. The second kappa shape index (κ2) is 5.38. The van der Waals surface area contributed by atoms with Gasteiger partial charge in [-0.3, -0.25) is 0 Å². The first-order valence-corrected chi connectivity index (χ1v) is 7.66. The van der Waals surface area contributed by atoms with E-state index in [1.54, 1.807) is 18.2 Å². The van der Waals surface area contributed by atoms with Crippen LogP contribution in [0.3, 0.4) is 0 Å². The van der Waals surface area contributed by atoms with Gasteiger partial charge in [-0.15, -0.1) is 11.6 Å². The quantitative estimate of drug-likeness (QED) is 0.669. The van der Waals surface area contributed by atoms with Gasteiger partial charge in [0.2, 0.25) is 0 Å². The normalized spacial score (nSPS) is 18.5. The number of ether oxygens (including phenoxy) is 1. The van der Waals surface area contributed by atoms with E-state index in [-0.39, 0.29) is 11.9 Å². The first kappa shape index (κ1) is 13.9. The van der Waals surface area contributed by atoms with Gasteiger partial charge < -0.3 is 4.74 Å². The topological polar surface area (TPSA) is 9.23 Å². The molecule has 0 aromatic heterocycles. The van der Waals surface area contributed by atoms with Gasteiger partial charge in [0, 0.05) is 12.0 Å². The molecule has 0 amide bonds. The molecule has 1 aliphatic rings. The van der Waals surface area contributed by atoms with Crippen molar-refractivity contribution in [2.24, 2.45) is 0 Å². The minimum Gasteiger partial charge on any atom is -0.490 e. The Morgan fingerprint density at radius 1 is 1.35 bits per heavy atom. The first-order chi connectivity index (χ1) is 9.56. The fourth-order valence-corrected chi connectivity index (χ4v) is 3.18. The predicted molar refractivity (Wildman–Crippen MR) is 82.0 cm³/mol. The second-order valence-electron chi connectivity index (χ2n) is 5.01.